The highest BCUT2D eigenvalue weighted by Crippen LogP contribution is 2.55. The monoisotopic (exact) mass is 499 g/mol. The zero-order valence-corrected chi connectivity index (χ0v) is 21.1. The van der Waals surface area contributed by atoms with Gasteiger partial charge in [-0.1, -0.05) is 56.9 Å². The minimum atomic E-state index is -1.11. The minimum Gasteiger partial charge on any atom is -0.359 e. The van der Waals surface area contributed by atoms with E-state index in [1.807, 2.05) is 12.2 Å². The summed E-state index contributed by atoms with van der Waals surface area (Å²) in [6.45, 7) is 4.66. The fourth-order valence-electron chi connectivity index (χ4n) is 6.19. The van der Waals surface area contributed by atoms with Crippen molar-refractivity contribution in [2.45, 2.75) is 76.2 Å². The number of ether oxygens (including phenoxy) is 1. The minimum absolute atomic E-state index is 0.125. The number of nitrogens with one attached hydrogen (secondary N) is 2. The van der Waals surface area contributed by atoms with Crippen molar-refractivity contribution in [2.75, 3.05) is 11.9 Å². The van der Waals surface area contributed by atoms with Crippen LogP contribution in [-0.4, -0.2) is 53.0 Å². The normalized spacial score (nSPS) is 31.8. The van der Waals surface area contributed by atoms with Gasteiger partial charge in [0.25, 0.3) is 0 Å². The summed E-state index contributed by atoms with van der Waals surface area (Å²) in [5.41, 5.74) is -0.506. The molecular formula is C27H34ClN3O4. The zero-order valence-electron chi connectivity index (χ0n) is 20.3. The fourth-order valence-corrected chi connectivity index (χ4v) is 6.32. The second-order valence-corrected chi connectivity index (χ2v) is 11.2. The van der Waals surface area contributed by atoms with Gasteiger partial charge in [0, 0.05) is 23.3 Å². The van der Waals surface area contributed by atoms with Gasteiger partial charge in [-0.05, 0) is 49.4 Å². The molecule has 3 fully saturated rings. The van der Waals surface area contributed by atoms with Gasteiger partial charge in [0.1, 0.15) is 11.6 Å². The van der Waals surface area contributed by atoms with Crippen LogP contribution in [0.3, 0.4) is 0 Å². The predicted molar refractivity (Wildman–Crippen MR) is 134 cm³/mol. The second-order valence-electron chi connectivity index (χ2n) is 10.8. The van der Waals surface area contributed by atoms with Crippen LogP contribution in [0.5, 0.6) is 0 Å². The number of hydrogen-bond acceptors (Lipinski definition) is 4. The molecule has 3 unspecified atom stereocenters. The molecule has 188 valence electrons. The lowest BCUT2D eigenvalue weighted by atomic mass is 9.74. The SMILES string of the molecule is CC(C)CCN1C(=O)[C@H]2C(C(=O)Nc3ccc(Cl)cc3)[C@H]3C=CC2(O3)C1C(=O)NC1CCCCC1. The van der Waals surface area contributed by atoms with Crippen molar-refractivity contribution in [2.24, 2.45) is 17.8 Å². The number of likely N-dealkylation sites (tertiary alicyclic amines) is 1. The van der Waals surface area contributed by atoms with Gasteiger partial charge < -0.3 is 20.3 Å². The Labute approximate surface area is 211 Å². The standard InChI is InChI=1S/C27H34ClN3O4/c1-16(2)13-15-31-23(25(33)30-18-6-4-3-5-7-18)27-14-12-20(35-27)21(22(27)26(31)34)24(32)29-19-10-8-17(28)9-11-19/h8-12,14,16,18,20-23H,3-7,13,15H2,1-2H3,(H,29,32)(H,30,33)/t20-,21?,22-,23?,27?/m1/s1. The first kappa shape index (κ1) is 24.3. The molecule has 1 aromatic carbocycles. The molecule has 1 saturated carbocycles. The van der Waals surface area contributed by atoms with Gasteiger partial charge in [-0.3, -0.25) is 14.4 Å². The fraction of sp³-hybridized carbons (Fsp3) is 0.593. The van der Waals surface area contributed by atoms with E-state index in [2.05, 4.69) is 24.5 Å². The van der Waals surface area contributed by atoms with Crippen LogP contribution in [0.15, 0.2) is 36.4 Å². The van der Waals surface area contributed by atoms with E-state index in [4.69, 9.17) is 16.3 Å². The Morgan fingerprint density at radius 3 is 2.54 bits per heavy atom. The van der Waals surface area contributed by atoms with E-state index in [1.54, 1.807) is 29.2 Å². The first-order valence-corrected chi connectivity index (χ1v) is 13.2. The molecule has 0 aromatic heterocycles. The van der Waals surface area contributed by atoms with E-state index < -0.39 is 29.6 Å². The summed E-state index contributed by atoms with van der Waals surface area (Å²) < 4.78 is 6.39. The van der Waals surface area contributed by atoms with Crippen LogP contribution >= 0.6 is 11.6 Å². The first-order chi connectivity index (χ1) is 16.8. The molecule has 8 heteroatoms. The van der Waals surface area contributed by atoms with Crippen molar-refractivity contribution in [3.8, 4) is 0 Å². The summed E-state index contributed by atoms with van der Waals surface area (Å²) in [6.07, 6.45) is 9.27. The Morgan fingerprint density at radius 2 is 1.86 bits per heavy atom. The summed E-state index contributed by atoms with van der Waals surface area (Å²) in [4.78, 5) is 42.6. The summed E-state index contributed by atoms with van der Waals surface area (Å²) >= 11 is 5.97. The van der Waals surface area contributed by atoms with Crippen LogP contribution in [0.2, 0.25) is 5.02 Å². The van der Waals surface area contributed by atoms with Crippen molar-refractivity contribution in [1.82, 2.24) is 10.2 Å². The summed E-state index contributed by atoms with van der Waals surface area (Å²) in [5.74, 6) is -1.66. The number of rotatable bonds is 7. The Kier molecular flexibility index (Phi) is 6.66. The van der Waals surface area contributed by atoms with E-state index in [0.717, 1.165) is 32.1 Å². The van der Waals surface area contributed by atoms with Gasteiger partial charge in [-0.2, -0.15) is 0 Å². The number of carbonyl (C=O) groups is 3. The maximum absolute atomic E-state index is 13.8. The molecule has 2 N–H and O–H groups in total. The average molecular weight is 500 g/mol. The van der Waals surface area contributed by atoms with Crippen molar-refractivity contribution in [3.05, 3.63) is 41.4 Å². The van der Waals surface area contributed by atoms with Gasteiger partial charge in [-0.15, -0.1) is 0 Å². The molecule has 5 atom stereocenters. The number of anilines is 1. The van der Waals surface area contributed by atoms with Gasteiger partial charge in [-0.25, -0.2) is 0 Å². The Balaban J connectivity index is 1.42. The topological polar surface area (TPSA) is 87.7 Å². The average Bonchev–Trinajstić information content (AvgIpc) is 3.47. The molecular weight excluding hydrogens is 466 g/mol. The molecule has 35 heavy (non-hydrogen) atoms. The Hall–Kier alpha value is -2.38. The molecule has 1 aliphatic carbocycles. The third-order valence-corrected chi connectivity index (χ3v) is 8.19. The zero-order chi connectivity index (χ0) is 24.7. The maximum atomic E-state index is 13.8. The summed E-state index contributed by atoms with van der Waals surface area (Å²) in [6, 6.07) is 6.22. The maximum Gasteiger partial charge on any atom is 0.246 e. The van der Waals surface area contributed by atoms with Crippen LogP contribution in [0.25, 0.3) is 0 Å². The number of carbonyl (C=O) groups excluding carboxylic acids is 3. The molecule has 2 saturated heterocycles. The molecule has 4 aliphatic rings. The lowest BCUT2D eigenvalue weighted by Gasteiger charge is -2.34. The van der Waals surface area contributed by atoms with Crippen LogP contribution in [0.4, 0.5) is 5.69 Å². The van der Waals surface area contributed by atoms with E-state index in [-0.39, 0.29) is 23.8 Å². The molecule has 0 radical (unpaired) electrons. The molecule has 5 rings (SSSR count). The summed E-state index contributed by atoms with van der Waals surface area (Å²) in [5, 5.41) is 6.71. The van der Waals surface area contributed by atoms with Crippen LogP contribution in [0, 0.1) is 17.8 Å². The number of amides is 3. The predicted octanol–water partition coefficient (Wildman–Crippen LogP) is 3.92. The third kappa shape index (κ3) is 4.38. The largest absolute Gasteiger partial charge is 0.359 e. The van der Waals surface area contributed by atoms with Crippen molar-refractivity contribution in [3.63, 3.8) is 0 Å². The molecule has 3 aliphatic heterocycles. The number of hydrogen-bond donors (Lipinski definition) is 2. The third-order valence-electron chi connectivity index (χ3n) is 7.94. The number of nitrogens with zero attached hydrogens (tertiary/aromatic N) is 1. The number of halogens is 1. The van der Waals surface area contributed by atoms with Gasteiger partial charge in [0.15, 0.2) is 0 Å². The molecule has 3 amide bonds. The highest BCUT2D eigenvalue weighted by Gasteiger charge is 2.72. The Bertz CT molecular complexity index is 1020. The quantitative estimate of drug-likeness (QED) is 0.556. The smallest absolute Gasteiger partial charge is 0.246 e. The van der Waals surface area contributed by atoms with Gasteiger partial charge in [0.05, 0.1) is 17.9 Å². The van der Waals surface area contributed by atoms with Crippen LogP contribution in [0.1, 0.15) is 52.4 Å². The van der Waals surface area contributed by atoms with Gasteiger partial charge >= 0.3 is 0 Å². The lowest BCUT2D eigenvalue weighted by Crippen LogP contribution is -2.56. The van der Waals surface area contributed by atoms with E-state index >= 15 is 0 Å². The van der Waals surface area contributed by atoms with Crippen LogP contribution < -0.4 is 10.6 Å². The lowest BCUT2D eigenvalue weighted by molar-refractivity contribution is -0.141. The molecule has 7 nitrogen and oxygen atoms in total. The van der Waals surface area contributed by atoms with Gasteiger partial charge in [0.2, 0.25) is 17.7 Å². The molecule has 2 bridgehead atoms. The molecule has 3 heterocycles. The van der Waals surface area contributed by atoms with E-state index in [1.165, 1.54) is 6.42 Å². The van der Waals surface area contributed by atoms with Crippen molar-refractivity contribution in [1.29, 1.82) is 0 Å². The summed E-state index contributed by atoms with van der Waals surface area (Å²) in [7, 11) is 0. The van der Waals surface area contributed by atoms with E-state index in [0.29, 0.717) is 23.2 Å². The second kappa shape index (κ2) is 9.58. The number of fused-ring (bicyclic) bond motifs is 1. The first-order valence-electron chi connectivity index (χ1n) is 12.8. The van der Waals surface area contributed by atoms with E-state index in [9.17, 15) is 14.4 Å². The molecule has 1 aromatic rings. The van der Waals surface area contributed by atoms with Crippen LogP contribution in [-0.2, 0) is 19.1 Å². The highest BCUT2D eigenvalue weighted by atomic mass is 35.5. The van der Waals surface area contributed by atoms with Crippen molar-refractivity contribution < 1.29 is 19.1 Å². The number of benzene rings is 1. The molecule has 1 spiro atoms. The Morgan fingerprint density at radius 1 is 1.14 bits per heavy atom. The van der Waals surface area contributed by atoms with Crippen molar-refractivity contribution >= 4 is 35.0 Å². The highest BCUT2D eigenvalue weighted by molar-refractivity contribution is 6.30.